The smallest absolute Gasteiger partial charge is 0.161 e. The number of β-amino-alcohol motifs (C(OH)–C–C–N with tert-alkyl or cyclic N) is 1. The fourth-order valence-electron chi connectivity index (χ4n) is 2.66. The molecule has 0 atom stereocenters. The number of hydrogen-bond donors (Lipinski definition) is 2. The Morgan fingerprint density at radius 3 is 2.67 bits per heavy atom. The summed E-state index contributed by atoms with van der Waals surface area (Å²) in [6, 6.07) is 0. The van der Waals surface area contributed by atoms with Crippen LogP contribution in [-0.2, 0) is 0 Å². The molecule has 0 unspecified atom stereocenters. The van der Waals surface area contributed by atoms with Crippen LogP contribution in [0.25, 0.3) is 0 Å². The fraction of sp³-hybridized carbons (Fsp3) is 0.643. The van der Waals surface area contributed by atoms with Crippen LogP contribution in [0, 0.1) is 13.8 Å². The summed E-state index contributed by atoms with van der Waals surface area (Å²) in [5.74, 6) is 0.788. The van der Waals surface area contributed by atoms with Crippen molar-refractivity contribution in [3.8, 4) is 0 Å². The van der Waals surface area contributed by atoms with E-state index in [1.807, 2.05) is 13.8 Å². The number of aromatic nitrogens is 2. The fourth-order valence-corrected chi connectivity index (χ4v) is 2.90. The number of aliphatic hydroxyl groups excluding tert-OH is 1. The molecule has 0 radical (unpaired) electrons. The van der Waals surface area contributed by atoms with Crippen LogP contribution in [0.1, 0.15) is 23.2 Å². The first-order chi connectivity index (χ1) is 10.0. The van der Waals surface area contributed by atoms with Gasteiger partial charge in [-0.1, -0.05) is 12.2 Å². The maximum absolute atomic E-state index is 9.07. The molecule has 1 saturated heterocycles. The average molecular weight is 309 g/mol. The van der Waals surface area contributed by atoms with Gasteiger partial charge in [0.25, 0.3) is 0 Å². The van der Waals surface area contributed by atoms with Crippen LogP contribution in [-0.4, -0.2) is 64.5 Å². The van der Waals surface area contributed by atoms with Gasteiger partial charge in [0.2, 0.25) is 0 Å². The lowest BCUT2D eigenvalue weighted by molar-refractivity contribution is 0.204. The predicted octanol–water partition coefficient (Wildman–Crippen LogP) is 0.232. The highest BCUT2D eigenvalue weighted by Crippen LogP contribution is 2.23. The van der Waals surface area contributed by atoms with Crippen molar-refractivity contribution in [1.29, 1.82) is 0 Å². The molecule has 1 aliphatic rings. The molecular weight excluding hydrogens is 286 g/mol. The van der Waals surface area contributed by atoms with E-state index in [0.29, 0.717) is 11.5 Å². The first kappa shape index (κ1) is 16.1. The highest BCUT2D eigenvalue weighted by atomic mass is 32.1. The number of nitrogens with zero attached hydrogens (tertiary/aromatic N) is 4. The molecule has 0 saturated carbocycles. The van der Waals surface area contributed by atoms with Gasteiger partial charge in [-0.05, 0) is 32.4 Å². The van der Waals surface area contributed by atoms with E-state index in [0.717, 1.165) is 55.2 Å². The molecule has 0 aliphatic carbocycles. The van der Waals surface area contributed by atoms with Crippen molar-refractivity contribution in [2.45, 2.75) is 20.3 Å². The molecule has 0 aromatic carbocycles. The van der Waals surface area contributed by atoms with Crippen LogP contribution >= 0.6 is 12.2 Å². The summed E-state index contributed by atoms with van der Waals surface area (Å²) in [5.41, 5.74) is 8.60. The third kappa shape index (κ3) is 3.66. The van der Waals surface area contributed by atoms with E-state index in [1.165, 1.54) is 0 Å². The van der Waals surface area contributed by atoms with Crippen LogP contribution in [0.15, 0.2) is 0 Å². The van der Waals surface area contributed by atoms with Crippen molar-refractivity contribution >= 4 is 23.0 Å². The first-order valence-electron chi connectivity index (χ1n) is 7.26. The third-order valence-electron chi connectivity index (χ3n) is 3.99. The minimum absolute atomic E-state index is 0.196. The molecule has 1 aliphatic heterocycles. The topological polar surface area (TPSA) is 78.5 Å². The number of anilines is 1. The number of hydrogen-bond acceptors (Lipinski definition) is 6. The summed E-state index contributed by atoms with van der Waals surface area (Å²) in [5, 5.41) is 17.6. The first-order valence-corrected chi connectivity index (χ1v) is 7.67. The second-order valence-electron chi connectivity index (χ2n) is 5.38. The van der Waals surface area contributed by atoms with Gasteiger partial charge < -0.3 is 15.7 Å². The van der Waals surface area contributed by atoms with Crippen molar-refractivity contribution in [2.75, 3.05) is 44.2 Å². The van der Waals surface area contributed by atoms with Crippen LogP contribution in [0.2, 0.25) is 0 Å². The Morgan fingerprint density at radius 2 is 2.00 bits per heavy atom. The lowest BCUT2D eigenvalue weighted by Crippen LogP contribution is -2.34. The van der Waals surface area contributed by atoms with Gasteiger partial charge in [0.1, 0.15) is 4.99 Å². The molecule has 2 rings (SSSR count). The van der Waals surface area contributed by atoms with E-state index in [1.54, 1.807) is 0 Å². The van der Waals surface area contributed by atoms with Gasteiger partial charge in [0.05, 0.1) is 17.9 Å². The molecule has 1 aromatic heterocycles. The number of aliphatic hydroxyl groups is 1. The molecule has 0 bridgehead atoms. The van der Waals surface area contributed by atoms with Crippen LogP contribution < -0.4 is 10.6 Å². The molecule has 116 valence electrons. The Hall–Kier alpha value is -1.31. The van der Waals surface area contributed by atoms with Gasteiger partial charge in [-0.3, -0.25) is 4.90 Å². The van der Waals surface area contributed by atoms with Gasteiger partial charge in [-0.2, -0.15) is 5.10 Å². The monoisotopic (exact) mass is 309 g/mol. The Kier molecular flexibility index (Phi) is 5.44. The molecule has 3 N–H and O–H groups in total. The van der Waals surface area contributed by atoms with E-state index in [-0.39, 0.29) is 6.61 Å². The van der Waals surface area contributed by atoms with Gasteiger partial charge in [0.15, 0.2) is 5.82 Å². The van der Waals surface area contributed by atoms with Crippen LogP contribution in [0.3, 0.4) is 0 Å². The molecular formula is C14H23N5OS. The zero-order valence-corrected chi connectivity index (χ0v) is 13.5. The Labute approximate surface area is 130 Å². The average Bonchev–Trinajstić information content (AvgIpc) is 2.67. The quantitative estimate of drug-likeness (QED) is 0.771. The van der Waals surface area contributed by atoms with Gasteiger partial charge in [-0.15, -0.1) is 5.10 Å². The highest BCUT2D eigenvalue weighted by Gasteiger charge is 2.21. The summed E-state index contributed by atoms with van der Waals surface area (Å²) in [6.45, 7) is 8.43. The van der Waals surface area contributed by atoms with E-state index in [4.69, 9.17) is 23.1 Å². The summed E-state index contributed by atoms with van der Waals surface area (Å²) in [7, 11) is 0. The van der Waals surface area contributed by atoms with Crippen LogP contribution in [0.5, 0.6) is 0 Å². The largest absolute Gasteiger partial charge is 0.395 e. The second kappa shape index (κ2) is 7.11. The summed E-state index contributed by atoms with van der Waals surface area (Å²) < 4.78 is 0. The Bertz CT molecular complexity index is 522. The van der Waals surface area contributed by atoms with Crippen molar-refractivity contribution in [1.82, 2.24) is 15.1 Å². The summed E-state index contributed by atoms with van der Waals surface area (Å²) >= 11 is 5.20. The molecule has 0 amide bonds. The zero-order chi connectivity index (χ0) is 15.4. The van der Waals surface area contributed by atoms with E-state index < -0.39 is 0 Å². The summed E-state index contributed by atoms with van der Waals surface area (Å²) in [4.78, 5) is 4.83. The summed E-state index contributed by atoms with van der Waals surface area (Å²) in [6.07, 6.45) is 1.02. The maximum atomic E-state index is 9.07. The Morgan fingerprint density at radius 1 is 1.24 bits per heavy atom. The normalized spacial score (nSPS) is 16.8. The SMILES string of the molecule is Cc1nnc(N2CCCN(CCO)CC2)c(C(N)=S)c1C. The number of aryl methyl sites for hydroxylation is 1. The van der Waals surface area contributed by atoms with Crippen molar-refractivity contribution in [3.63, 3.8) is 0 Å². The van der Waals surface area contributed by atoms with E-state index in [9.17, 15) is 0 Å². The lowest BCUT2D eigenvalue weighted by atomic mass is 10.1. The van der Waals surface area contributed by atoms with E-state index in [2.05, 4.69) is 20.0 Å². The van der Waals surface area contributed by atoms with Crippen molar-refractivity contribution in [2.24, 2.45) is 5.73 Å². The minimum atomic E-state index is 0.196. The molecule has 7 heteroatoms. The lowest BCUT2D eigenvalue weighted by Gasteiger charge is -2.25. The third-order valence-corrected chi connectivity index (χ3v) is 4.19. The van der Waals surface area contributed by atoms with Gasteiger partial charge in [0, 0.05) is 26.2 Å². The number of thiocarbonyl (C=S) groups is 1. The molecule has 1 fully saturated rings. The molecule has 2 heterocycles. The maximum Gasteiger partial charge on any atom is 0.161 e. The second-order valence-corrected chi connectivity index (χ2v) is 5.82. The van der Waals surface area contributed by atoms with E-state index >= 15 is 0 Å². The minimum Gasteiger partial charge on any atom is -0.395 e. The number of nitrogens with two attached hydrogens (primary N) is 1. The standard InChI is InChI=1S/C14H23N5OS/c1-10-11(2)16-17-14(12(10)13(15)21)19-5-3-4-18(6-7-19)8-9-20/h20H,3-9H2,1-2H3,(H2,15,21). The Balaban J connectivity index is 2.26. The number of rotatable bonds is 4. The van der Waals surface area contributed by atoms with Crippen molar-refractivity contribution < 1.29 is 5.11 Å². The molecule has 6 nitrogen and oxygen atoms in total. The van der Waals surface area contributed by atoms with Gasteiger partial charge in [-0.25, -0.2) is 0 Å². The predicted molar refractivity (Wildman–Crippen MR) is 87.7 cm³/mol. The highest BCUT2D eigenvalue weighted by molar-refractivity contribution is 7.80. The van der Waals surface area contributed by atoms with Gasteiger partial charge >= 0.3 is 0 Å². The van der Waals surface area contributed by atoms with Crippen LogP contribution in [0.4, 0.5) is 5.82 Å². The zero-order valence-electron chi connectivity index (χ0n) is 12.7. The molecule has 0 spiro atoms. The van der Waals surface area contributed by atoms with Crippen molar-refractivity contribution in [3.05, 3.63) is 16.8 Å². The molecule has 1 aromatic rings. The molecule has 21 heavy (non-hydrogen) atoms.